The van der Waals surface area contributed by atoms with Gasteiger partial charge in [0.15, 0.2) is 6.10 Å². The Morgan fingerprint density at radius 3 is 2.94 bits per heavy atom. The second-order valence-electron chi connectivity index (χ2n) is 7.75. The molecule has 9 heteroatoms. The molecular formula is C23H23N5O3S. The van der Waals surface area contributed by atoms with Gasteiger partial charge in [-0.25, -0.2) is 9.97 Å². The molecule has 2 aromatic heterocycles. The summed E-state index contributed by atoms with van der Waals surface area (Å²) in [5, 5.41) is 3.86. The van der Waals surface area contributed by atoms with Crippen molar-refractivity contribution in [3.8, 4) is 0 Å². The van der Waals surface area contributed by atoms with Crippen LogP contribution in [0.3, 0.4) is 0 Å². The predicted molar refractivity (Wildman–Crippen MR) is 124 cm³/mol. The summed E-state index contributed by atoms with van der Waals surface area (Å²) in [5.74, 6) is -0.379. The molecule has 1 aliphatic rings. The molecule has 32 heavy (non-hydrogen) atoms. The van der Waals surface area contributed by atoms with Gasteiger partial charge in [-0.15, -0.1) is 11.3 Å². The Kier molecular flexibility index (Phi) is 5.36. The van der Waals surface area contributed by atoms with E-state index in [0.717, 1.165) is 32.8 Å². The topological polar surface area (TPSA) is 89.4 Å². The van der Waals surface area contributed by atoms with Crippen LogP contribution in [-0.4, -0.2) is 57.0 Å². The first-order chi connectivity index (χ1) is 15.5. The monoisotopic (exact) mass is 449 g/mol. The van der Waals surface area contributed by atoms with Crippen molar-refractivity contribution in [1.29, 1.82) is 0 Å². The molecule has 0 radical (unpaired) electrons. The zero-order valence-electron chi connectivity index (χ0n) is 17.9. The molecule has 164 valence electrons. The van der Waals surface area contributed by atoms with Crippen molar-refractivity contribution in [1.82, 2.24) is 19.4 Å². The molecule has 4 aromatic rings. The number of thiazole rings is 1. The number of aryl methyl sites for hydroxylation is 2. The van der Waals surface area contributed by atoms with Crippen molar-refractivity contribution in [2.24, 2.45) is 0 Å². The molecule has 0 aliphatic carbocycles. The number of hydrogen-bond donors (Lipinski definition) is 1. The van der Waals surface area contributed by atoms with E-state index in [1.165, 1.54) is 0 Å². The number of nitrogens with one attached hydrogen (secondary N) is 1. The Morgan fingerprint density at radius 1 is 1.22 bits per heavy atom. The minimum Gasteiger partial charge on any atom is -0.365 e. The van der Waals surface area contributed by atoms with E-state index in [-0.39, 0.29) is 18.4 Å². The van der Waals surface area contributed by atoms with Gasteiger partial charge in [-0.05, 0) is 50.2 Å². The van der Waals surface area contributed by atoms with Crippen molar-refractivity contribution in [3.05, 3.63) is 53.3 Å². The number of nitrogens with zero attached hydrogens (tertiary/aromatic N) is 4. The van der Waals surface area contributed by atoms with Gasteiger partial charge >= 0.3 is 0 Å². The molecule has 8 nitrogen and oxygen atoms in total. The van der Waals surface area contributed by atoms with E-state index in [1.807, 2.05) is 41.8 Å². The first-order valence-electron chi connectivity index (χ1n) is 10.6. The van der Waals surface area contributed by atoms with Crippen LogP contribution in [-0.2, 0) is 16.1 Å². The number of rotatable bonds is 4. The first-order valence-corrected chi connectivity index (χ1v) is 11.4. The lowest BCUT2D eigenvalue weighted by Crippen LogP contribution is -2.50. The maximum absolute atomic E-state index is 13.1. The molecule has 1 fully saturated rings. The second kappa shape index (κ2) is 8.33. The quantitative estimate of drug-likeness (QED) is 0.515. The van der Waals surface area contributed by atoms with E-state index in [0.29, 0.717) is 24.4 Å². The summed E-state index contributed by atoms with van der Waals surface area (Å²) in [5.41, 5.74) is 3.98. The largest absolute Gasteiger partial charge is 0.365 e. The van der Waals surface area contributed by atoms with Gasteiger partial charge in [0, 0.05) is 24.3 Å². The number of aromatic nitrogens is 3. The summed E-state index contributed by atoms with van der Waals surface area (Å²) >= 11 is 1.56. The fourth-order valence-corrected chi connectivity index (χ4v) is 4.83. The number of ether oxygens (including phenoxy) is 1. The fraction of sp³-hybridized carbons (Fsp3) is 0.304. The highest BCUT2D eigenvalue weighted by molar-refractivity contribution is 7.18. The highest BCUT2D eigenvalue weighted by atomic mass is 32.1. The van der Waals surface area contributed by atoms with Crippen LogP contribution in [0.25, 0.3) is 21.3 Å². The molecule has 0 spiro atoms. The number of amides is 2. The van der Waals surface area contributed by atoms with Crippen LogP contribution in [0.5, 0.6) is 0 Å². The Bertz CT molecular complexity index is 1330. The second-order valence-corrected chi connectivity index (χ2v) is 8.98. The van der Waals surface area contributed by atoms with Gasteiger partial charge < -0.3 is 19.5 Å². The molecule has 1 saturated heterocycles. The first kappa shape index (κ1) is 20.6. The van der Waals surface area contributed by atoms with E-state index in [2.05, 4.69) is 22.2 Å². The van der Waals surface area contributed by atoms with E-state index >= 15 is 0 Å². The lowest BCUT2D eigenvalue weighted by molar-refractivity contribution is -0.131. The van der Waals surface area contributed by atoms with Crippen molar-refractivity contribution < 1.29 is 14.3 Å². The number of hydrogen-bond acceptors (Lipinski definition) is 6. The van der Waals surface area contributed by atoms with Gasteiger partial charge in [0.2, 0.25) is 0 Å². The minimum absolute atomic E-state index is 0.106. The summed E-state index contributed by atoms with van der Waals surface area (Å²) < 4.78 is 8.70. The third-order valence-corrected chi connectivity index (χ3v) is 6.55. The molecule has 2 aromatic carbocycles. The standard InChI is InChI=1S/C23H23N5O3S/c1-3-27-13-24-18-11-16(5-7-19(18)27)26-22(29)20-12-28(8-9-31-20)23(30)15-4-6-17-21(10-15)32-14(2)25-17/h4-7,10-11,13,20H,3,8-9,12H2,1-2H3,(H,26,29). The van der Waals surface area contributed by atoms with Crippen LogP contribution in [0.2, 0.25) is 0 Å². The van der Waals surface area contributed by atoms with E-state index in [9.17, 15) is 9.59 Å². The van der Waals surface area contributed by atoms with Crippen LogP contribution in [0.1, 0.15) is 22.3 Å². The summed E-state index contributed by atoms with van der Waals surface area (Å²) in [6, 6.07) is 11.2. The molecule has 1 atom stereocenters. The minimum atomic E-state index is -0.731. The lowest BCUT2D eigenvalue weighted by atomic mass is 10.1. The predicted octanol–water partition coefficient (Wildman–Crippen LogP) is 3.45. The molecule has 0 bridgehead atoms. The third kappa shape index (κ3) is 3.85. The highest BCUT2D eigenvalue weighted by Crippen LogP contribution is 2.24. The van der Waals surface area contributed by atoms with Gasteiger partial charge in [0.05, 0.1) is 45.7 Å². The smallest absolute Gasteiger partial charge is 0.255 e. The number of fused-ring (bicyclic) bond motifs is 2. The molecule has 1 unspecified atom stereocenters. The molecule has 1 N–H and O–H groups in total. The number of morpholine rings is 1. The Balaban J connectivity index is 1.28. The molecular weight excluding hydrogens is 426 g/mol. The van der Waals surface area contributed by atoms with Crippen LogP contribution >= 0.6 is 11.3 Å². The Morgan fingerprint density at radius 2 is 2.09 bits per heavy atom. The Hall–Kier alpha value is -3.30. The van der Waals surface area contributed by atoms with Gasteiger partial charge in [-0.3, -0.25) is 9.59 Å². The van der Waals surface area contributed by atoms with Gasteiger partial charge in [-0.1, -0.05) is 0 Å². The molecule has 0 saturated carbocycles. The van der Waals surface area contributed by atoms with Crippen molar-refractivity contribution >= 4 is 50.1 Å². The molecule has 3 heterocycles. The summed E-state index contributed by atoms with van der Waals surface area (Å²) in [4.78, 5) is 36.4. The van der Waals surface area contributed by atoms with Crippen LogP contribution in [0, 0.1) is 6.92 Å². The van der Waals surface area contributed by atoms with Gasteiger partial charge in [0.25, 0.3) is 11.8 Å². The van der Waals surface area contributed by atoms with Crippen molar-refractivity contribution in [2.45, 2.75) is 26.5 Å². The number of benzene rings is 2. The van der Waals surface area contributed by atoms with E-state index < -0.39 is 6.10 Å². The summed E-state index contributed by atoms with van der Waals surface area (Å²) in [7, 11) is 0. The molecule has 2 amide bonds. The maximum Gasteiger partial charge on any atom is 0.255 e. The van der Waals surface area contributed by atoms with E-state index in [4.69, 9.17) is 4.74 Å². The zero-order chi connectivity index (χ0) is 22.2. The zero-order valence-corrected chi connectivity index (χ0v) is 18.7. The van der Waals surface area contributed by atoms with Gasteiger partial charge in [-0.2, -0.15) is 0 Å². The average molecular weight is 450 g/mol. The molecule has 5 rings (SSSR count). The average Bonchev–Trinajstić information content (AvgIpc) is 3.39. The number of carbonyl (C=O) groups is 2. The number of imidazole rings is 1. The van der Waals surface area contributed by atoms with Gasteiger partial charge in [0.1, 0.15) is 0 Å². The fourth-order valence-electron chi connectivity index (χ4n) is 3.96. The molecule has 1 aliphatic heterocycles. The van der Waals surface area contributed by atoms with Crippen LogP contribution in [0.15, 0.2) is 42.7 Å². The lowest BCUT2D eigenvalue weighted by Gasteiger charge is -2.32. The normalized spacial score (nSPS) is 16.6. The maximum atomic E-state index is 13.1. The van der Waals surface area contributed by atoms with Crippen LogP contribution in [0.4, 0.5) is 5.69 Å². The van der Waals surface area contributed by atoms with E-state index in [1.54, 1.807) is 28.6 Å². The van der Waals surface area contributed by atoms with Crippen LogP contribution < -0.4 is 5.32 Å². The number of carbonyl (C=O) groups excluding carboxylic acids is 2. The summed E-state index contributed by atoms with van der Waals surface area (Å²) in [6.07, 6.45) is 1.06. The highest BCUT2D eigenvalue weighted by Gasteiger charge is 2.30. The van der Waals surface area contributed by atoms with Crippen molar-refractivity contribution in [3.63, 3.8) is 0 Å². The third-order valence-electron chi connectivity index (χ3n) is 5.62. The number of anilines is 1. The SMILES string of the molecule is CCn1cnc2cc(NC(=O)C3CN(C(=O)c4ccc5nc(C)sc5c4)CCO3)ccc21. The summed E-state index contributed by atoms with van der Waals surface area (Å²) in [6.45, 7) is 5.80. The Labute approximate surface area is 188 Å². The van der Waals surface area contributed by atoms with Crippen molar-refractivity contribution in [2.75, 3.05) is 25.0 Å².